The van der Waals surface area contributed by atoms with Gasteiger partial charge in [0.2, 0.25) is 0 Å². The summed E-state index contributed by atoms with van der Waals surface area (Å²) in [7, 11) is 1.47. The normalized spacial score (nSPS) is 9.95. The van der Waals surface area contributed by atoms with Crippen molar-refractivity contribution in [3.8, 4) is 11.5 Å². The van der Waals surface area contributed by atoms with Crippen LogP contribution < -0.4 is 15.4 Å². The number of carbonyl (C=O) groups excluding carboxylic acids is 1. The molecule has 100 valence electrons. The number of methoxy groups -OCH3 is 1. The fourth-order valence-electron chi connectivity index (χ4n) is 1.48. The summed E-state index contributed by atoms with van der Waals surface area (Å²) in [6.45, 7) is 0.195. The van der Waals surface area contributed by atoms with E-state index in [2.05, 4.69) is 15.6 Å². The van der Waals surface area contributed by atoms with E-state index in [1.165, 1.54) is 18.4 Å². The van der Waals surface area contributed by atoms with Gasteiger partial charge in [0.25, 0.3) is 0 Å². The van der Waals surface area contributed by atoms with E-state index in [1.807, 2.05) is 0 Å². The molecule has 0 fully saturated rings. The maximum Gasteiger partial charge on any atom is 0.321 e. The van der Waals surface area contributed by atoms with Crippen LogP contribution in [0.2, 0.25) is 0 Å². The summed E-state index contributed by atoms with van der Waals surface area (Å²) in [5.41, 5.74) is 0.577. The lowest BCUT2D eigenvalue weighted by Crippen LogP contribution is -2.28. The Labute approximate surface area is 114 Å². The minimum Gasteiger partial charge on any atom is -0.504 e. The Morgan fingerprint density at radius 2 is 2.37 bits per heavy atom. The first kappa shape index (κ1) is 13.2. The quantitative estimate of drug-likeness (QED) is 0.801. The standard InChI is InChI=1S/C12H13N3O3S/c1-18-9-4-2-3-8(10(9)16)7-14-11(17)15-12-13-5-6-19-12/h2-6,16H,7H2,1H3,(H2,13,14,15,17). The van der Waals surface area contributed by atoms with Gasteiger partial charge in [0.15, 0.2) is 16.6 Å². The molecule has 2 amide bonds. The van der Waals surface area contributed by atoms with E-state index in [-0.39, 0.29) is 18.3 Å². The lowest BCUT2D eigenvalue weighted by atomic mass is 10.2. The number of urea groups is 1. The number of nitrogens with one attached hydrogen (secondary N) is 2. The summed E-state index contributed by atoms with van der Waals surface area (Å²) in [5.74, 6) is 0.402. The van der Waals surface area contributed by atoms with Gasteiger partial charge in [0.05, 0.1) is 7.11 Å². The van der Waals surface area contributed by atoms with Crippen molar-refractivity contribution >= 4 is 22.5 Å². The number of aromatic nitrogens is 1. The highest BCUT2D eigenvalue weighted by Gasteiger charge is 2.09. The Hall–Kier alpha value is -2.28. The van der Waals surface area contributed by atoms with E-state index < -0.39 is 0 Å². The second-order valence-corrected chi connectivity index (χ2v) is 4.51. The maximum absolute atomic E-state index is 11.6. The summed E-state index contributed by atoms with van der Waals surface area (Å²) in [6, 6.07) is 4.72. The van der Waals surface area contributed by atoms with Gasteiger partial charge >= 0.3 is 6.03 Å². The molecule has 0 unspecified atom stereocenters. The molecule has 2 rings (SSSR count). The average Bonchev–Trinajstić information content (AvgIpc) is 2.90. The van der Waals surface area contributed by atoms with E-state index in [1.54, 1.807) is 29.8 Å². The molecule has 0 spiro atoms. The lowest BCUT2D eigenvalue weighted by Gasteiger charge is -2.09. The molecule has 0 aliphatic rings. The van der Waals surface area contributed by atoms with Crippen LogP contribution >= 0.6 is 11.3 Å². The highest BCUT2D eigenvalue weighted by molar-refractivity contribution is 7.13. The van der Waals surface area contributed by atoms with E-state index >= 15 is 0 Å². The van der Waals surface area contributed by atoms with Crippen molar-refractivity contribution in [3.05, 3.63) is 35.3 Å². The number of benzene rings is 1. The van der Waals surface area contributed by atoms with E-state index in [9.17, 15) is 9.90 Å². The van der Waals surface area contributed by atoms with Crippen LogP contribution in [0.1, 0.15) is 5.56 Å². The fraction of sp³-hybridized carbons (Fsp3) is 0.167. The van der Waals surface area contributed by atoms with Crippen LogP contribution in [0.15, 0.2) is 29.8 Å². The number of carbonyl (C=O) groups is 1. The van der Waals surface area contributed by atoms with Crippen molar-refractivity contribution in [1.29, 1.82) is 0 Å². The van der Waals surface area contributed by atoms with Gasteiger partial charge in [-0.1, -0.05) is 12.1 Å². The highest BCUT2D eigenvalue weighted by atomic mass is 32.1. The molecule has 0 radical (unpaired) electrons. The zero-order valence-electron chi connectivity index (χ0n) is 10.2. The van der Waals surface area contributed by atoms with Crippen molar-refractivity contribution in [3.63, 3.8) is 0 Å². The molecule has 3 N–H and O–H groups in total. The van der Waals surface area contributed by atoms with Crippen LogP contribution in [0, 0.1) is 0 Å². The van der Waals surface area contributed by atoms with Gasteiger partial charge in [-0.25, -0.2) is 9.78 Å². The molecule has 0 aliphatic heterocycles. The largest absolute Gasteiger partial charge is 0.504 e. The van der Waals surface area contributed by atoms with Crippen LogP contribution in [0.5, 0.6) is 11.5 Å². The molecule has 1 aromatic carbocycles. The number of phenolic OH excluding ortho intramolecular Hbond substituents is 1. The lowest BCUT2D eigenvalue weighted by molar-refractivity contribution is 0.251. The summed E-state index contributed by atoms with van der Waals surface area (Å²) >= 11 is 1.33. The predicted molar refractivity (Wildman–Crippen MR) is 72.6 cm³/mol. The first-order valence-electron chi connectivity index (χ1n) is 5.50. The molecule has 0 bridgehead atoms. The maximum atomic E-state index is 11.6. The number of aromatic hydroxyl groups is 1. The van der Waals surface area contributed by atoms with Crippen molar-refractivity contribution in [2.24, 2.45) is 0 Å². The number of anilines is 1. The molecule has 0 saturated carbocycles. The molecule has 1 heterocycles. The van der Waals surface area contributed by atoms with Crippen molar-refractivity contribution < 1.29 is 14.6 Å². The van der Waals surface area contributed by atoms with Gasteiger partial charge in [0, 0.05) is 23.7 Å². The second kappa shape index (κ2) is 6.05. The Balaban J connectivity index is 1.93. The van der Waals surface area contributed by atoms with Gasteiger partial charge in [0.1, 0.15) is 0 Å². The zero-order valence-corrected chi connectivity index (χ0v) is 11.0. The van der Waals surface area contributed by atoms with Crippen molar-refractivity contribution in [1.82, 2.24) is 10.3 Å². The number of hydrogen-bond donors (Lipinski definition) is 3. The molecule has 0 aliphatic carbocycles. The molecule has 7 heteroatoms. The summed E-state index contributed by atoms with van der Waals surface area (Å²) in [4.78, 5) is 15.5. The SMILES string of the molecule is COc1cccc(CNC(=O)Nc2nccs2)c1O. The first-order chi connectivity index (χ1) is 9.20. The smallest absolute Gasteiger partial charge is 0.321 e. The van der Waals surface area contributed by atoms with Crippen molar-refractivity contribution in [2.75, 3.05) is 12.4 Å². The number of nitrogens with zero attached hydrogens (tertiary/aromatic N) is 1. The molecule has 19 heavy (non-hydrogen) atoms. The molecule has 6 nitrogen and oxygen atoms in total. The van der Waals surface area contributed by atoms with Gasteiger partial charge in [-0.15, -0.1) is 11.3 Å². The Kier molecular flexibility index (Phi) is 4.19. The fourth-order valence-corrected chi connectivity index (χ4v) is 2.00. The van der Waals surface area contributed by atoms with Crippen LogP contribution in [0.25, 0.3) is 0 Å². The van der Waals surface area contributed by atoms with E-state index in [0.29, 0.717) is 16.4 Å². The number of hydrogen-bond acceptors (Lipinski definition) is 5. The van der Waals surface area contributed by atoms with E-state index in [0.717, 1.165) is 0 Å². The number of phenols is 1. The monoisotopic (exact) mass is 279 g/mol. The number of ether oxygens (including phenoxy) is 1. The van der Waals surface area contributed by atoms with Crippen LogP contribution in [-0.4, -0.2) is 23.2 Å². The number of thiazole rings is 1. The molecule has 2 aromatic rings. The number of rotatable bonds is 4. The summed E-state index contributed by atoms with van der Waals surface area (Å²) in [6.07, 6.45) is 1.61. The number of amides is 2. The highest BCUT2D eigenvalue weighted by Crippen LogP contribution is 2.29. The predicted octanol–water partition coefficient (Wildman–Crippen LogP) is 2.18. The van der Waals surface area contributed by atoms with Crippen molar-refractivity contribution in [2.45, 2.75) is 6.54 Å². The topological polar surface area (TPSA) is 83.5 Å². The Morgan fingerprint density at radius 1 is 1.53 bits per heavy atom. The van der Waals surface area contributed by atoms with Crippen LogP contribution in [-0.2, 0) is 6.54 Å². The molecular weight excluding hydrogens is 266 g/mol. The number of para-hydroxylation sites is 1. The molecule has 0 saturated heterocycles. The molecular formula is C12H13N3O3S. The summed E-state index contributed by atoms with van der Waals surface area (Å²) < 4.78 is 4.99. The molecule has 0 atom stereocenters. The Bertz CT molecular complexity index is 557. The van der Waals surface area contributed by atoms with Crippen LogP contribution in [0.4, 0.5) is 9.93 Å². The van der Waals surface area contributed by atoms with Gasteiger partial charge in [-0.05, 0) is 6.07 Å². The van der Waals surface area contributed by atoms with Gasteiger partial charge < -0.3 is 15.2 Å². The van der Waals surface area contributed by atoms with Gasteiger partial charge in [-0.3, -0.25) is 5.32 Å². The minimum absolute atomic E-state index is 0.0274. The van der Waals surface area contributed by atoms with E-state index in [4.69, 9.17) is 4.74 Å². The first-order valence-corrected chi connectivity index (χ1v) is 6.38. The minimum atomic E-state index is -0.378. The third-order valence-corrected chi connectivity index (χ3v) is 3.08. The third kappa shape index (κ3) is 3.35. The van der Waals surface area contributed by atoms with Gasteiger partial charge in [-0.2, -0.15) is 0 Å². The third-order valence-electron chi connectivity index (χ3n) is 2.39. The molecule has 1 aromatic heterocycles. The Morgan fingerprint density at radius 3 is 3.05 bits per heavy atom. The zero-order chi connectivity index (χ0) is 13.7. The second-order valence-electron chi connectivity index (χ2n) is 3.61. The average molecular weight is 279 g/mol. The van der Waals surface area contributed by atoms with Crippen LogP contribution in [0.3, 0.4) is 0 Å². The summed E-state index contributed by atoms with van der Waals surface area (Å²) in [5, 5.41) is 17.4.